The highest BCUT2D eigenvalue weighted by Gasteiger charge is 2.08. The van der Waals surface area contributed by atoms with Gasteiger partial charge in [-0.1, -0.05) is 0 Å². The molecule has 0 fully saturated rings. The lowest BCUT2D eigenvalue weighted by atomic mass is 10.2. The van der Waals surface area contributed by atoms with Crippen molar-refractivity contribution in [3.63, 3.8) is 0 Å². The number of carboxylic acids is 1. The molecule has 0 saturated carbocycles. The van der Waals surface area contributed by atoms with E-state index in [9.17, 15) is 13.2 Å². The molecule has 0 radical (unpaired) electrons. The summed E-state index contributed by atoms with van der Waals surface area (Å²) >= 11 is 0. The van der Waals surface area contributed by atoms with Crippen LogP contribution in [0.15, 0.2) is 18.5 Å². The smallest absolute Gasteiger partial charge is 0.337 e. The van der Waals surface area contributed by atoms with Crippen molar-refractivity contribution in [2.75, 3.05) is 24.7 Å². The summed E-state index contributed by atoms with van der Waals surface area (Å²) in [5.41, 5.74) is 0.453. The van der Waals surface area contributed by atoms with Gasteiger partial charge in [0, 0.05) is 19.3 Å². The second kappa shape index (κ2) is 5.60. The van der Waals surface area contributed by atoms with E-state index in [-0.39, 0.29) is 18.7 Å². The van der Waals surface area contributed by atoms with E-state index in [1.54, 1.807) is 0 Å². The first-order valence-electron chi connectivity index (χ1n) is 4.76. The molecule has 0 unspecified atom stereocenters. The summed E-state index contributed by atoms with van der Waals surface area (Å²) in [6, 6.07) is 1.37. The quantitative estimate of drug-likeness (QED) is 0.607. The minimum atomic E-state index is -3.23. The van der Waals surface area contributed by atoms with Crippen molar-refractivity contribution in [1.29, 1.82) is 0 Å². The third-order valence-electron chi connectivity index (χ3n) is 1.86. The second-order valence-corrected chi connectivity index (χ2v) is 5.15. The van der Waals surface area contributed by atoms with E-state index in [1.807, 2.05) is 0 Å². The topological polar surface area (TPSA) is 108 Å². The van der Waals surface area contributed by atoms with Crippen LogP contribution >= 0.6 is 0 Å². The Morgan fingerprint density at radius 1 is 1.47 bits per heavy atom. The zero-order valence-corrected chi connectivity index (χ0v) is 9.99. The van der Waals surface area contributed by atoms with Crippen LogP contribution in [0.2, 0.25) is 0 Å². The highest BCUT2D eigenvalue weighted by molar-refractivity contribution is 7.88. The second-order valence-electron chi connectivity index (χ2n) is 3.32. The van der Waals surface area contributed by atoms with E-state index in [2.05, 4.69) is 15.0 Å². The molecular weight excluding hydrogens is 246 g/mol. The first-order valence-corrected chi connectivity index (χ1v) is 6.65. The van der Waals surface area contributed by atoms with Crippen molar-refractivity contribution >= 4 is 21.7 Å². The first-order chi connectivity index (χ1) is 7.90. The van der Waals surface area contributed by atoms with Gasteiger partial charge in [0.25, 0.3) is 0 Å². The van der Waals surface area contributed by atoms with Gasteiger partial charge in [0.1, 0.15) is 0 Å². The Balaban J connectivity index is 2.55. The van der Waals surface area contributed by atoms with Gasteiger partial charge in [0.2, 0.25) is 10.0 Å². The average molecular weight is 259 g/mol. The van der Waals surface area contributed by atoms with Crippen LogP contribution in [0.25, 0.3) is 0 Å². The molecule has 3 N–H and O–H groups in total. The summed E-state index contributed by atoms with van der Waals surface area (Å²) in [5.74, 6) is -1.06. The van der Waals surface area contributed by atoms with Crippen LogP contribution in [0.5, 0.6) is 0 Å². The fourth-order valence-electron chi connectivity index (χ4n) is 1.16. The fraction of sp³-hybridized carbons (Fsp3) is 0.333. The van der Waals surface area contributed by atoms with Gasteiger partial charge in [-0.25, -0.2) is 17.9 Å². The lowest BCUT2D eigenvalue weighted by Crippen LogP contribution is -2.28. The van der Waals surface area contributed by atoms with Crippen LogP contribution in [0.4, 0.5) is 5.69 Å². The monoisotopic (exact) mass is 259 g/mol. The molecule has 0 saturated heterocycles. The summed E-state index contributed by atoms with van der Waals surface area (Å²) in [6.45, 7) is 0.450. The fourth-order valence-corrected chi connectivity index (χ4v) is 1.63. The molecule has 7 nitrogen and oxygen atoms in total. The Morgan fingerprint density at radius 3 is 2.76 bits per heavy atom. The molecule has 0 bridgehead atoms. The normalized spacial score (nSPS) is 11.1. The average Bonchev–Trinajstić information content (AvgIpc) is 2.23. The molecule has 0 spiro atoms. The SMILES string of the molecule is CS(=O)(=O)NCCNc1cnccc1C(=O)O. The van der Waals surface area contributed by atoms with E-state index in [0.29, 0.717) is 5.69 Å². The van der Waals surface area contributed by atoms with Crippen molar-refractivity contribution in [3.05, 3.63) is 24.0 Å². The predicted octanol–water partition coefficient (Wildman–Crippen LogP) is -0.259. The minimum absolute atomic E-state index is 0.0966. The lowest BCUT2D eigenvalue weighted by Gasteiger charge is -2.08. The van der Waals surface area contributed by atoms with E-state index in [1.165, 1.54) is 18.5 Å². The molecule has 0 aromatic carbocycles. The molecule has 1 rings (SSSR count). The maximum absolute atomic E-state index is 10.8. The van der Waals surface area contributed by atoms with Crippen LogP contribution in [-0.2, 0) is 10.0 Å². The summed E-state index contributed by atoms with van der Waals surface area (Å²) in [4.78, 5) is 14.6. The van der Waals surface area contributed by atoms with Gasteiger partial charge in [0.05, 0.1) is 23.7 Å². The maximum Gasteiger partial charge on any atom is 0.337 e. The predicted molar refractivity (Wildman–Crippen MR) is 62.5 cm³/mol. The highest BCUT2D eigenvalue weighted by atomic mass is 32.2. The maximum atomic E-state index is 10.8. The molecule has 0 amide bonds. The van der Waals surface area contributed by atoms with E-state index in [4.69, 9.17) is 5.11 Å². The van der Waals surface area contributed by atoms with Crippen molar-refractivity contribution in [1.82, 2.24) is 9.71 Å². The van der Waals surface area contributed by atoms with Crippen molar-refractivity contribution in [2.24, 2.45) is 0 Å². The number of hydrogen-bond donors (Lipinski definition) is 3. The number of carbonyl (C=O) groups is 1. The van der Waals surface area contributed by atoms with Gasteiger partial charge in [0.15, 0.2) is 0 Å². The molecule has 0 aliphatic heterocycles. The number of pyridine rings is 1. The van der Waals surface area contributed by atoms with Crippen LogP contribution in [0.3, 0.4) is 0 Å². The van der Waals surface area contributed by atoms with Gasteiger partial charge in [-0.15, -0.1) is 0 Å². The number of aromatic carboxylic acids is 1. The Bertz CT molecular complexity index is 501. The van der Waals surface area contributed by atoms with Crippen molar-refractivity contribution < 1.29 is 18.3 Å². The van der Waals surface area contributed by atoms with Gasteiger partial charge in [-0.2, -0.15) is 0 Å². The summed E-state index contributed by atoms with van der Waals surface area (Å²) in [5, 5.41) is 11.7. The van der Waals surface area contributed by atoms with Gasteiger partial charge >= 0.3 is 5.97 Å². The summed E-state index contributed by atoms with van der Waals surface area (Å²) in [7, 11) is -3.23. The number of sulfonamides is 1. The molecule has 1 aromatic heterocycles. The number of rotatable bonds is 6. The third-order valence-corrected chi connectivity index (χ3v) is 2.58. The molecule has 8 heteroatoms. The molecule has 0 atom stereocenters. The van der Waals surface area contributed by atoms with E-state index >= 15 is 0 Å². The van der Waals surface area contributed by atoms with Crippen LogP contribution in [0.1, 0.15) is 10.4 Å². The molecule has 94 valence electrons. The largest absolute Gasteiger partial charge is 0.478 e. The number of carboxylic acid groups (broad SMARTS) is 1. The lowest BCUT2D eigenvalue weighted by molar-refractivity contribution is 0.0698. The Labute approximate surface area is 98.9 Å². The minimum Gasteiger partial charge on any atom is -0.478 e. The number of hydrogen-bond acceptors (Lipinski definition) is 5. The number of aromatic nitrogens is 1. The molecule has 1 heterocycles. The van der Waals surface area contributed by atoms with Crippen molar-refractivity contribution in [2.45, 2.75) is 0 Å². The Hall–Kier alpha value is -1.67. The van der Waals surface area contributed by atoms with Crippen LogP contribution < -0.4 is 10.0 Å². The van der Waals surface area contributed by atoms with Gasteiger partial charge in [-0.3, -0.25) is 4.98 Å². The first kappa shape index (κ1) is 13.4. The van der Waals surface area contributed by atoms with Crippen LogP contribution in [-0.4, -0.2) is 43.8 Å². The van der Waals surface area contributed by atoms with Crippen molar-refractivity contribution in [3.8, 4) is 0 Å². The van der Waals surface area contributed by atoms with E-state index < -0.39 is 16.0 Å². The van der Waals surface area contributed by atoms with Crippen LogP contribution in [0, 0.1) is 0 Å². The Kier molecular flexibility index (Phi) is 4.41. The molecular formula is C9H13N3O4S. The number of anilines is 1. The zero-order valence-electron chi connectivity index (χ0n) is 9.17. The van der Waals surface area contributed by atoms with Gasteiger partial charge < -0.3 is 10.4 Å². The molecule has 0 aliphatic carbocycles. The van der Waals surface area contributed by atoms with Gasteiger partial charge in [-0.05, 0) is 6.07 Å². The third kappa shape index (κ3) is 4.79. The van der Waals surface area contributed by atoms with E-state index in [0.717, 1.165) is 6.26 Å². The number of nitrogens with zero attached hydrogens (tertiary/aromatic N) is 1. The highest BCUT2D eigenvalue weighted by Crippen LogP contribution is 2.12. The molecule has 1 aromatic rings. The molecule has 0 aliphatic rings. The molecule has 17 heavy (non-hydrogen) atoms. The standard InChI is InChI=1S/C9H13N3O4S/c1-17(15,16)12-5-4-11-8-6-10-3-2-7(8)9(13)14/h2-3,6,11-12H,4-5H2,1H3,(H,13,14). The number of nitrogens with one attached hydrogen (secondary N) is 2. The summed E-state index contributed by atoms with van der Waals surface area (Å²) in [6.07, 6.45) is 3.81. The zero-order chi connectivity index (χ0) is 12.9. The Morgan fingerprint density at radius 2 is 2.18 bits per heavy atom. The summed E-state index contributed by atoms with van der Waals surface area (Å²) < 4.78 is 23.8.